The second-order valence-corrected chi connectivity index (χ2v) is 7.93. The van der Waals surface area contributed by atoms with Crippen molar-refractivity contribution in [3.05, 3.63) is 69.5 Å². The van der Waals surface area contributed by atoms with E-state index in [0.29, 0.717) is 17.3 Å². The second kappa shape index (κ2) is 6.99. The van der Waals surface area contributed by atoms with Crippen LogP contribution in [0.2, 0.25) is 0 Å². The van der Waals surface area contributed by atoms with Crippen molar-refractivity contribution < 1.29 is 9.32 Å². The van der Waals surface area contributed by atoms with Gasteiger partial charge in [-0.3, -0.25) is 9.59 Å². The van der Waals surface area contributed by atoms with E-state index in [1.54, 1.807) is 19.3 Å². The van der Waals surface area contributed by atoms with Crippen LogP contribution in [0, 0.1) is 0 Å². The van der Waals surface area contributed by atoms with Gasteiger partial charge in [-0.25, -0.2) is 0 Å². The van der Waals surface area contributed by atoms with Crippen LogP contribution in [-0.2, 0) is 13.5 Å². The Kier molecular flexibility index (Phi) is 4.30. The number of pyridine rings is 1. The summed E-state index contributed by atoms with van der Waals surface area (Å²) in [5, 5.41) is 7.24. The van der Waals surface area contributed by atoms with Crippen molar-refractivity contribution in [2.75, 3.05) is 0 Å². The number of nitrogens with zero attached hydrogens (tertiary/aromatic N) is 3. The molecule has 1 amide bonds. The molecular weight excluding hydrogens is 368 g/mol. The molecule has 29 heavy (non-hydrogen) atoms. The molecule has 0 radical (unpaired) electrons. The molecule has 148 valence electrons. The molecule has 0 spiro atoms. The maximum Gasteiger partial charge on any atom is 0.253 e. The summed E-state index contributed by atoms with van der Waals surface area (Å²) >= 11 is 0. The van der Waals surface area contributed by atoms with E-state index in [0.717, 1.165) is 42.7 Å². The number of fused-ring (bicyclic) bond motifs is 1. The molecular formula is C22H22N4O3. The van der Waals surface area contributed by atoms with Crippen LogP contribution >= 0.6 is 0 Å². The SMILES string of the molecule is Cn1cc(C(=O)NC2CCc3cc(-c4noc(C5CCC5)n4)ccc32)ccc1=O. The smallest absolute Gasteiger partial charge is 0.253 e. The molecule has 3 aromatic rings. The van der Waals surface area contributed by atoms with Gasteiger partial charge in [-0.15, -0.1) is 0 Å². The fourth-order valence-electron chi connectivity index (χ4n) is 4.05. The van der Waals surface area contributed by atoms with Gasteiger partial charge in [0.25, 0.3) is 5.91 Å². The number of aryl methyl sites for hydroxylation is 2. The lowest BCUT2D eigenvalue weighted by atomic mass is 9.85. The maximum atomic E-state index is 12.6. The summed E-state index contributed by atoms with van der Waals surface area (Å²) in [6.07, 6.45) is 6.77. The number of carbonyl (C=O) groups excluding carboxylic acids is 1. The molecule has 7 nitrogen and oxygen atoms in total. The lowest BCUT2D eigenvalue weighted by Crippen LogP contribution is -2.28. The molecule has 0 saturated heterocycles. The van der Waals surface area contributed by atoms with E-state index in [1.165, 1.54) is 22.6 Å². The number of amides is 1. The van der Waals surface area contributed by atoms with Gasteiger partial charge >= 0.3 is 0 Å². The Morgan fingerprint density at radius 2 is 2.07 bits per heavy atom. The minimum absolute atomic E-state index is 0.0420. The van der Waals surface area contributed by atoms with Crippen molar-refractivity contribution in [2.45, 2.75) is 44.1 Å². The first-order valence-electron chi connectivity index (χ1n) is 10.0. The quantitative estimate of drug-likeness (QED) is 0.739. The maximum absolute atomic E-state index is 12.6. The van der Waals surface area contributed by atoms with E-state index in [1.807, 2.05) is 12.1 Å². The Morgan fingerprint density at radius 3 is 2.83 bits per heavy atom. The van der Waals surface area contributed by atoms with Gasteiger partial charge in [0.2, 0.25) is 17.3 Å². The first-order chi connectivity index (χ1) is 14.1. The third kappa shape index (κ3) is 3.26. The number of rotatable bonds is 4. The van der Waals surface area contributed by atoms with Gasteiger partial charge in [-0.1, -0.05) is 23.7 Å². The van der Waals surface area contributed by atoms with E-state index in [4.69, 9.17) is 4.52 Å². The second-order valence-electron chi connectivity index (χ2n) is 7.93. The van der Waals surface area contributed by atoms with Gasteiger partial charge in [0.05, 0.1) is 11.6 Å². The number of hydrogen-bond donors (Lipinski definition) is 1. The summed E-state index contributed by atoms with van der Waals surface area (Å²) in [5.41, 5.74) is 3.61. The predicted octanol–water partition coefficient (Wildman–Crippen LogP) is 3.12. The van der Waals surface area contributed by atoms with Gasteiger partial charge in [0.1, 0.15) is 0 Å². The molecule has 0 aliphatic heterocycles. The number of nitrogens with one attached hydrogen (secondary N) is 1. The van der Waals surface area contributed by atoms with E-state index in [-0.39, 0.29) is 17.5 Å². The van der Waals surface area contributed by atoms with Gasteiger partial charge in [-0.05, 0) is 48.9 Å². The van der Waals surface area contributed by atoms with Crippen LogP contribution in [0.1, 0.15) is 65.0 Å². The number of hydrogen-bond acceptors (Lipinski definition) is 5. The largest absolute Gasteiger partial charge is 0.345 e. The van der Waals surface area contributed by atoms with E-state index in [2.05, 4.69) is 21.5 Å². The zero-order chi connectivity index (χ0) is 20.0. The molecule has 1 N–H and O–H groups in total. The Labute approximate surface area is 167 Å². The third-order valence-corrected chi connectivity index (χ3v) is 6.03. The lowest BCUT2D eigenvalue weighted by Gasteiger charge is -2.20. The zero-order valence-electron chi connectivity index (χ0n) is 16.2. The first-order valence-corrected chi connectivity index (χ1v) is 10.0. The van der Waals surface area contributed by atoms with Crippen LogP contribution in [0.15, 0.2) is 45.8 Å². The topological polar surface area (TPSA) is 90.0 Å². The van der Waals surface area contributed by atoms with E-state index >= 15 is 0 Å². The number of aromatic nitrogens is 3. The Bertz CT molecular complexity index is 1140. The molecule has 7 heteroatoms. The minimum Gasteiger partial charge on any atom is -0.345 e. The Hall–Kier alpha value is -3.22. The lowest BCUT2D eigenvalue weighted by molar-refractivity contribution is 0.0936. The summed E-state index contributed by atoms with van der Waals surface area (Å²) < 4.78 is 6.85. The molecule has 1 saturated carbocycles. The highest BCUT2D eigenvalue weighted by Gasteiger charge is 2.27. The van der Waals surface area contributed by atoms with Crippen molar-refractivity contribution in [1.82, 2.24) is 20.0 Å². The predicted molar refractivity (Wildman–Crippen MR) is 107 cm³/mol. The van der Waals surface area contributed by atoms with Crippen LogP contribution in [0.4, 0.5) is 0 Å². The monoisotopic (exact) mass is 390 g/mol. The molecule has 1 unspecified atom stereocenters. The highest BCUT2D eigenvalue weighted by molar-refractivity contribution is 5.94. The molecule has 5 rings (SSSR count). The van der Waals surface area contributed by atoms with Crippen LogP contribution in [0.5, 0.6) is 0 Å². The highest BCUT2D eigenvalue weighted by Crippen LogP contribution is 2.37. The fourth-order valence-corrected chi connectivity index (χ4v) is 4.05. The van der Waals surface area contributed by atoms with E-state index < -0.39 is 0 Å². The molecule has 2 heterocycles. The molecule has 2 aliphatic rings. The standard InChI is InChI=1S/C22H22N4O3/c1-26-12-16(7-10-19(26)27)21(28)23-18-9-6-14-11-15(5-8-17(14)18)20-24-22(29-25-20)13-3-2-4-13/h5,7-8,10-13,18H,2-4,6,9H2,1H3,(H,23,28). The van der Waals surface area contributed by atoms with Crippen molar-refractivity contribution >= 4 is 5.91 Å². The number of carbonyl (C=O) groups is 1. The average molecular weight is 390 g/mol. The summed E-state index contributed by atoms with van der Waals surface area (Å²) in [7, 11) is 1.64. The summed E-state index contributed by atoms with van der Waals surface area (Å²) in [6.45, 7) is 0. The van der Waals surface area contributed by atoms with E-state index in [9.17, 15) is 9.59 Å². The zero-order valence-corrected chi connectivity index (χ0v) is 16.2. The average Bonchev–Trinajstić information content (AvgIpc) is 3.30. The van der Waals surface area contributed by atoms with Crippen LogP contribution in [0.25, 0.3) is 11.4 Å². The number of benzene rings is 1. The summed E-state index contributed by atoms with van der Waals surface area (Å²) in [6, 6.07) is 9.07. The molecule has 1 atom stereocenters. The molecule has 2 aliphatic carbocycles. The Morgan fingerprint density at radius 1 is 1.21 bits per heavy atom. The van der Waals surface area contributed by atoms with Crippen LogP contribution in [0.3, 0.4) is 0 Å². The van der Waals surface area contributed by atoms with Gasteiger partial charge in [0.15, 0.2) is 0 Å². The molecule has 1 fully saturated rings. The van der Waals surface area contributed by atoms with Gasteiger partial charge in [0, 0.05) is 30.8 Å². The third-order valence-electron chi connectivity index (χ3n) is 6.03. The van der Waals surface area contributed by atoms with Crippen molar-refractivity contribution in [3.63, 3.8) is 0 Å². The van der Waals surface area contributed by atoms with Crippen LogP contribution in [-0.4, -0.2) is 20.6 Å². The van der Waals surface area contributed by atoms with Crippen molar-refractivity contribution in [3.8, 4) is 11.4 Å². The van der Waals surface area contributed by atoms with Gasteiger partial charge < -0.3 is 14.4 Å². The minimum atomic E-state index is -0.175. The summed E-state index contributed by atoms with van der Waals surface area (Å²) in [4.78, 5) is 28.7. The molecule has 1 aromatic carbocycles. The normalized spacial score (nSPS) is 18.3. The van der Waals surface area contributed by atoms with Crippen molar-refractivity contribution in [2.24, 2.45) is 7.05 Å². The fraction of sp³-hybridized carbons (Fsp3) is 0.364. The molecule has 0 bridgehead atoms. The first kappa shape index (κ1) is 17.8. The molecule has 2 aromatic heterocycles. The van der Waals surface area contributed by atoms with Gasteiger partial charge in [-0.2, -0.15) is 4.98 Å². The Balaban J connectivity index is 1.33. The highest BCUT2D eigenvalue weighted by atomic mass is 16.5. The van der Waals surface area contributed by atoms with Crippen LogP contribution < -0.4 is 10.9 Å². The summed E-state index contributed by atoms with van der Waals surface area (Å²) in [5.74, 6) is 1.62. The van der Waals surface area contributed by atoms with Crippen molar-refractivity contribution in [1.29, 1.82) is 0 Å².